The maximum atomic E-state index is 12.6. The van der Waals surface area contributed by atoms with Crippen molar-refractivity contribution in [1.29, 1.82) is 0 Å². The number of ketones is 1. The number of Topliss-reactive ketones (excluding diaryl/α,β-unsaturated/α-hetero) is 1. The third-order valence-corrected chi connectivity index (χ3v) is 5.45. The monoisotopic (exact) mass is 341 g/mol. The topological polar surface area (TPSA) is 46.6 Å². The van der Waals surface area contributed by atoms with E-state index in [1.165, 1.54) is 7.11 Å². The fraction of sp³-hybridized carbons (Fsp3) is 0.524. The van der Waals surface area contributed by atoms with Gasteiger partial charge in [0.05, 0.1) is 7.11 Å². The van der Waals surface area contributed by atoms with E-state index in [-0.39, 0.29) is 23.8 Å². The predicted octanol–water partition coefficient (Wildman–Crippen LogP) is 3.02. The molecule has 0 radical (unpaired) electrons. The third kappa shape index (κ3) is 3.84. The Bertz CT molecular complexity index is 652. The van der Waals surface area contributed by atoms with Gasteiger partial charge in [-0.15, -0.1) is 0 Å². The lowest BCUT2D eigenvalue weighted by Gasteiger charge is -2.26. The van der Waals surface area contributed by atoms with Crippen LogP contribution in [0.5, 0.6) is 0 Å². The van der Waals surface area contributed by atoms with E-state index in [0.29, 0.717) is 18.7 Å². The van der Waals surface area contributed by atoms with Crippen LogP contribution in [-0.2, 0) is 20.7 Å². The van der Waals surface area contributed by atoms with Crippen molar-refractivity contribution in [2.24, 2.45) is 11.8 Å². The van der Waals surface area contributed by atoms with Crippen molar-refractivity contribution < 1.29 is 14.3 Å². The molecule has 3 rings (SSSR count). The van der Waals surface area contributed by atoms with Crippen LogP contribution in [0.15, 0.2) is 42.0 Å². The Morgan fingerprint density at radius 3 is 2.68 bits per heavy atom. The van der Waals surface area contributed by atoms with Gasteiger partial charge in [-0.2, -0.15) is 0 Å². The average Bonchev–Trinajstić information content (AvgIpc) is 3.17. The zero-order valence-electron chi connectivity index (χ0n) is 15.1. The largest absolute Gasteiger partial charge is 0.468 e. The minimum Gasteiger partial charge on any atom is -0.468 e. The molecule has 25 heavy (non-hydrogen) atoms. The molecule has 1 saturated heterocycles. The highest BCUT2D eigenvalue weighted by Crippen LogP contribution is 2.37. The Kier molecular flexibility index (Phi) is 5.69. The summed E-state index contributed by atoms with van der Waals surface area (Å²) in [6.07, 6.45) is 5.85. The molecule has 0 aromatic heterocycles. The van der Waals surface area contributed by atoms with Crippen LogP contribution < -0.4 is 0 Å². The molecular formula is C21H27NO3. The highest BCUT2D eigenvalue weighted by molar-refractivity contribution is 6.00. The Balaban J connectivity index is 1.71. The summed E-state index contributed by atoms with van der Waals surface area (Å²) >= 11 is 0. The van der Waals surface area contributed by atoms with E-state index in [0.717, 1.165) is 36.9 Å². The minimum absolute atomic E-state index is 0.0229. The Morgan fingerprint density at radius 2 is 2.04 bits per heavy atom. The molecule has 1 heterocycles. The smallest absolute Gasteiger partial charge is 0.323 e. The molecule has 2 aliphatic rings. The second-order valence-electron chi connectivity index (χ2n) is 7.11. The van der Waals surface area contributed by atoms with Crippen molar-refractivity contribution in [2.75, 3.05) is 20.2 Å². The van der Waals surface area contributed by atoms with Gasteiger partial charge in [-0.25, -0.2) is 0 Å². The molecule has 3 atom stereocenters. The number of carbonyl (C=O) groups is 2. The number of carbonyl (C=O) groups excluding carboxylic acids is 2. The Morgan fingerprint density at radius 1 is 1.28 bits per heavy atom. The van der Waals surface area contributed by atoms with Crippen LogP contribution in [0.25, 0.3) is 0 Å². The summed E-state index contributed by atoms with van der Waals surface area (Å²) in [4.78, 5) is 27.1. The van der Waals surface area contributed by atoms with E-state index < -0.39 is 0 Å². The molecule has 4 heteroatoms. The predicted molar refractivity (Wildman–Crippen MR) is 97.1 cm³/mol. The second kappa shape index (κ2) is 7.96. The molecule has 2 unspecified atom stereocenters. The van der Waals surface area contributed by atoms with Gasteiger partial charge in [0.15, 0.2) is 5.78 Å². The van der Waals surface area contributed by atoms with Gasteiger partial charge < -0.3 is 4.74 Å². The number of hydrogen-bond donors (Lipinski definition) is 0. The van der Waals surface area contributed by atoms with Gasteiger partial charge in [0.1, 0.15) is 6.04 Å². The summed E-state index contributed by atoms with van der Waals surface area (Å²) in [6.45, 7) is 3.56. The van der Waals surface area contributed by atoms with E-state index in [1.54, 1.807) is 0 Å². The Hall–Kier alpha value is -1.94. The van der Waals surface area contributed by atoms with Gasteiger partial charge in [0.2, 0.25) is 0 Å². The fourth-order valence-corrected chi connectivity index (χ4v) is 4.05. The third-order valence-electron chi connectivity index (χ3n) is 5.45. The number of esters is 1. The minimum atomic E-state index is -0.321. The molecule has 0 N–H and O–H groups in total. The van der Waals surface area contributed by atoms with Crippen LogP contribution in [0.1, 0.15) is 31.7 Å². The number of methoxy groups -OCH3 is 1. The molecule has 1 aromatic carbocycles. The summed E-state index contributed by atoms with van der Waals surface area (Å²) < 4.78 is 5.04. The molecule has 1 aromatic rings. The van der Waals surface area contributed by atoms with Crippen LogP contribution >= 0.6 is 0 Å². The van der Waals surface area contributed by atoms with E-state index in [4.69, 9.17) is 4.74 Å². The van der Waals surface area contributed by atoms with Crippen LogP contribution in [0.2, 0.25) is 0 Å². The van der Waals surface area contributed by atoms with Gasteiger partial charge >= 0.3 is 5.97 Å². The first-order chi connectivity index (χ1) is 12.1. The van der Waals surface area contributed by atoms with Crippen LogP contribution in [0, 0.1) is 11.8 Å². The van der Waals surface area contributed by atoms with E-state index in [1.807, 2.05) is 30.3 Å². The zero-order valence-corrected chi connectivity index (χ0v) is 15.1. The number of unbranched alkanes of at least 4 members (excludes halogenated alkanes) is 1. The number of hydrogen-bond acceptors (Lipinski definition) is 4. The quantitative estimate of drug-likeness (QED) is 0.715. The molecule has 134 valence electrons. The van der Waals surface area contributed by atoms with E-state index >= 15 is 0 Å². The van der Waals surface area contributed by atoms with Gasteiger partial charge in [0, 0.05) is 24.9 Å². The van der Waals surface area contributed by atoms with Gasteiger partial charge in [-0.1, -0.05) is 49.8 Å². The molecule has 0 saturated carbocycles. The highest BCUT2D eigenvalue weighted by atomic mass is 16.5. The van der Waals surface area contributed by atoms with Gasteiger partial charge in [-0.05, 0) is 30.4 Å². The first-order valence-corrected chi connectivity index (χ1v) is 9.24. The van der Waals surface area contributed by atoms with Gasteiger partial charge in [-0.3, -0.25) is 14.5 Å². The van der Waals surface area contributed by atoms with Crippen molar-refractivity contribution in [3.05, 3.63) is 47.5 Å². The number of likely N-dealkylation sites (tertiary alicyclic amines) is 1. The molecule has 0 amide bonds. The van der Waals surface area contributed by atoms with Crippen molar-refractivity contribution in [3.8, 4) is 0 Å². The van der Waals surface area contributed by atoms with E-state index in [2.05, 4.69) is 17.9 Å². The first kappa shape index (κ1) is 17.9. The summed E-state index contributed by atoms with van der Waals surface area (Å²) in [6, 6.07) is 9.67. The van der Waals surface area contributed by atoms with Crippen molar-refractivity contribution in [3.63, 3.8) is 0 Å². The van der Waals surface area contributed by atoms with Gasteiger partial charge in [0.25, 0.3) is 0 Å². The fourth-order valence-electron chi connectivity index (χ4n) is 4.05. The lowest BCUT2D eigenvalue weighted by Crippen LogP contribution is -2.42. The Labute approximate surface area is 149 Å². The number of rotatable bonds is 7. The normalized spacial score (nSPS) is 24.1. The zero-order chi connectivity index (χ0) is 17.8. The number of benzene rings is 1. The van der Waals surface area contributed by atoms with Crippen molar-refractivity contribution in [1.82, 2.24) is 4.90 Å². The lowest BCUT2D eigenvalue weighted by molar-refractivity contribution is -0.146. The lowest BCUT2D eigenvalue weighted by atomic mass is 9.97. The maximum Gasteiger partial charge on any atom is 0.323 e. The molecule has 4 nitrogen and oxygen atoms in total. The first-order valence-electron chi connectivity index (χ1n) is 9.24. The van der Waals surface area contributed by atoms with Crippen LogP contribution in [-0.4, -0.2) is 42.9 Å². The van der Waals surface area contributed by atoms with Crippen LogP contribution in [0.3, 0.4) is 0 Å². The summed E-state index contributed by atoms with van der Waals surface area (Å²) in [5.74, 6) is 0.354. The van der Waals surface area contributed by atoms with Crippen LogP contribution in [0.4, 0.5) is 0 Å². The number of allylic oxidation sites excluding steroid dienone is 1. The molecule has 1 fully saturated rings. The SMILES string of the molecule is CCCCC1=CC2CN([C@@H](Cc3ccccc3)C(=O)OC)CC2C1=O. The number of fused-ring (bicyclic) bond motifs is 1. The summed E-state index contributed by atoms with van der Waals surface area (Å²) in [5, 5.41) is 0. The molecule has 1 aliphatic heterocycles. The molecule has 0 bridgehead atoms. The molecule has 0 spiro atoms. The molecular weight excluding hydrogens is 314 g/mol. The molecule has 1 aliphatic carbocycles. The number of ether oxygens (including phenoxy) is 1. The average molecular weight is 341 g/mol. The number of nitrogens with zero attached hydrogens (tertiary/aromatic N) is 1. The highest BCUT2D eigenvalue weighted by Gasteiger charge is 2.45. The summed E-state index contributed by atoms with van der Waals surface area (Å²) in [5.41, 5.74) is 2.12. The summed E-state index contributed by atoms with van der Waals surface area (Å²) in [7, 11) is 1.44. The van der Waals surface area contributed by atoms with Crippen molar-refractivity contribution in [2.45, 2.75) is 38.6 Å². The van der Waals surface area contributed by atoms with Crippen molar-refractivity contribution >= 4 is 11.8 Å². The second-order valence-corrected chi connectivity index (χ2v) is 7.11. The maximum absolute atomic E-state index is 12.6. The standard InChI is InChI=1S/C21H27NO3/c1-3-4-10-16-12-17-13-22(14-18(17)20(16)23)19(21(24)25-2)11-15-8-6-5-7-9-15/h5-9,12,17-19H,3-4,10-11,13-14H2,1-2H3/t17?,18?,19-/m0/s1. The van der Waals surface area contributed by atoms with E-state index in [9.17, 15) is 9.59 Å².